The Hall–Kier alpha value is -0.790. The molecule has 26 heavy (non-hydrogen) atoms. The van der Waals surface area contributed by atoms with Crippen LogP contribution in [0.3, 0.4) is 0 Å². The van der Waals surface area contributed by atoms with Gasteiger partial charge in [-0.2, -0.15) is 5.10 Å². The second-order valence-corrected chi connectivity index (χ2v) is 7.76. The van der Waals surface area contributed by atoms with Gasteiger partial charge in [-0.05, 0) is 37.7 Å². The van der Waals surface area contributed by atoms with Crippen molar-refractivity contribution in [1.82, 2.24) is 20.0 Å². The maximum absolute atomic E-state index is 4.92. The van der Waals surface area contributed by atoms with E-state index < -0.39 is 0 Å². The lowest BCUT2D eigenvalue weighted by Crippen LogP contribution is -2.40. The summed E-state index contributed by atoms with van der Waals surface area (Å²) in [6.07, 6.45) is 15.2. The molecule has 1 aromatic rings. The normalized spacial score (nSPS) is 21.7. The minimum atomic E-state index is 0. The molecule has 0 bridgehead atoms. The highest BCUT2D eigenvalue weighted by Crippen LogP contribution is 2.28. The number of hydrogen-bond donors (Lipinski definition) is 1. The van der Waals surface area contributed by atoms with Gasteiger partial charge < -0.3 is 10.2 Å². The quantitative estimate of drug-likeness (QED) is 0.292. The van der Waals surface area contributed by atoms with E-state index in [9.17, 15) is 0 Å². The van der Waals surface area contributed by atoms with E-state index in [2.05, 4.69) is 28.4 Å². The number of aryl methyl sites for hydroxylation is 1. The molecule has 0 radical (unpaired) electrons. The van der Waals surface area contributed by atoms with Gasteiger partial charge in [0.15, 0.2) is 5.96 Å². The lowest BCUT2D eigenvalue weighted by Gasteiger charge is -2.22. The minimum absolute atomic E-state index is 0. The van der Waals surface area contributed by atoms with Gasteiger partial charge in [-0.25, -0.2) is 0 Å². The molecule has 1 aromatic heterocycles. The molecule has 0 spiro atoms. The van der Waals surface area contributed by atoms with Gasteiger partial charge in [0, 0.05) is 45.3 Å². The first-order valence-corrected chi connectivity index (χ1v) is 10.3. The lowest BCUT2D eigenvalue weighted by molar-refractivity contribution is 0.334. The zero-order chi connectivity index (χ0) is 17.5. The van der Waals surface area contributed by atoms with Gasteiger partial charge in [-0.1, -0.05) is 32.1 Å². The van der Waals surface area contributed by atoms with Crippen LogP contribution in [0.1, 0.15) is 69.8 Å². The molecule has 1 atom stereocenters. The molecule has 0 amide bonds. The fourth-order valence-electron chi connectivity index (χ4n) is 4.34. The van der Waals surface area contributed by atoms with Gasteiger partial charge in [-0.3, -0.25) is 9.67 Å². The zero-order valence-corrected chi connectivity index (χ0v) is 18.8. The summed E-state index contributed by atoms with van der Waals surface area (Å²) >= 11 is 0. The second kappa shape index (κ2) is 11.1. The molecule has 1 N–H and O–H groups in total. The number of aromatic nitrogens is 2. The topological polar surface area (TPSA) is 45.5 Å². The number of nitrogens with one attached hydrogen (secondary N) is 1. The minimum Gasteiger partial charge on any atom is -0.357 e. The Balaban J connectivity index is 0.00000243. The van der Waals surface area contributed by atoms with Crippen molar-refractivity contribution in [3.63, 3.8) is 0 Å². The van der Waals surface area contributed by atoms with Gasteiger partial charge >= 0.3 is 0 Å². The van der Waals surface area contributed by atoms with Gasteiger partial charge in [0.1, 0.15) is 0 Å². The third kappa shape index (κ3) is 6.13. The van der Waals surface area contributed by atoms with Crippen LogP contribution in [0.25, 0.3) is 0 Å². The van der Waals surface area contributed by atoms with E-state index in [1.807, 2.05) is 17.9 Å². The number of guanidine groups is 1. The Bertz CT molecular complexity index is 550. The first kappa shape index (κ1) is 21.5. The van der Waals surface area contributed by atoms with E-state index in [4.69, 9.17) is 4.99 Å². The highest BCUT2D eigenvalue weighted by atomic mass is 127. The van der Waals surface area contributed by atoms with Crippen molar-refractivity contribution in [2.45, 2.75) is 64.2 Å². The standard InChI is InChI=1S/C20H35N5.HI/c1-3-21-20(22-12-7-10-17-8-5-4-6-9-17)25-13-11-18(16-25)19-14-23-24(2)15-19;/h14-15,17-18H,3-13,16H2,1-2H3,(H,21,22);1H. The Morgan fingerprint density at radius 1 is 1.27 bits per heavy atom. The number of nitrogens with zero attached hydrogens (tertiary/aromatic N) is 4. The summed E-state index contributed by atoms with van der Waals surface area (Å²) in [5, 5.41) is 7.82. The lowest BCUT2D eigenvalue weighted by atomic mass is 9.86. The predicted molar refractivity (Wildman–Crippen MR) is 119 cm³/mol. The van der Waals surface area contributed by atoms with E-state index in [0.717, 1.165) is 38.1 Å². The summed E-state index contributed by atoms with van der Waals surface area (Å²) in [6.45, 7) is 6.21. The average molecular weight is 473 g/mol. The van der Waals surface area contributed by atoms with Crippen molar-refractivity contribution in [2.24, 2.45) is 18.0 Å². The van der Waals surface area contributed by atoms with E-state index >= 15 is 0 Å². The van der Waals surface area contributed by atoms with Crippen molar-refractivity contribution < 1.29 is 0 Å². The molecule has 148 valence electrons. The third-order valence-electron chi connectivity index (χ3n) is 5.78. The molecule has 0 aromatic carbocycles. The highest BCUT2D eigenvalue weighted by Gasteiger charge is 2.26. The van der Waals surface area contributed by atoms with Crippen molar-refractivity contribution >= 4 is 29.9 Å². The highest BCUT2D eigenvalue weighted by molar-refractivity contribution is 14.0. The molecule has 1 saturated carbocycles. The number of aliphatic imine (C=N–C) groups is 1. The maximum Gasteiger partial charge on any atom is 0.193 e. The van der Waals surface area contributed by atoms with Crippen LogP contribution >= 0.6 is 24.0 Å². The molecular weight excluding hydrogens is 437 g/mol. The monoisotopic (exact) mass is 473 g/mol. The molecule has 1 saturated heterocycles. The number of likely N-dealkylation sites (tertiary alicyclic amines) is 1. The molecule has 2 heterocycles. The smallest absolute Gasteiger partial charge is 0.193 e. The molecule has 1 unspecified atom stereocenters. The van der Waals surface area contributed by atoms with Crippen LogP contribution in [0.15, 0.2) is 17.4 Å². The number of rotatable bonds is 6. The van der Waals surface area contributed by atoms with Gasteiger partial charge in [0.05, 0.1) is 6.20 Å². The van der Waals surface area contributed by atoms with E-state index in [1.165, 1.54) is 56.9 Å². The summed E-state index contributed by atoms with van der Waals surface area (Å²) in [4.78, 5) is 7.36. The Morgan fingerprint density at radius 2 is 2.08 bits per heavy atom. The number of halogens is 1. The molecule has 2 aliphatic rings. The van der Waals surface area contributed by atoms with Crippen LogP contribution in [0.2, 0.25) is 0 Å². The Labute approximate surface area is 176 Å². The van der Waals surface area contributed by atoms with Crippen LogP contribution in [-0.4, -0.2) is 46.8 Å². The van der Waals surface area contributed by atoms with Crippen LogP contribution in [0, 0.1) is 5.92 Å². The molecule has 6 heteroatoms. The largest absolute Gasteiger partial charge is 0.357 e. The second-order valence-electron chi connectivity index (χ2n) is 7.76. The molecule has 2 fully saturated rings. The van der Waals surface area contributed by atoms with E-state index in [-0.39, 0.29) is 24.0 Å². The molecule has 1 aliphatic carbocycles. The van der Waals surface area contributed by atoms with Crippen LogP contribution in [0.5, 0.6) is 0 Å². The fraction of sp³-hybridized carbons (Fsp3) is 0.800. The zero-order valence-electron chi connectivity index (χ0n) is 16.5. The third-order valence-corrected chi connectivity index (χ3v) is 5.78. The first-order chi connectivity index (χ1) is 12.3. The summed E-state index contributed by atoms with van der Waals surface area (Å²) < 4.78 is 1.91. The summed E-state index contributed by atoms with van der Waals surface area (Å²) in [5.74, 6) is 2.66. The summed E-state index contributed by atoms with van der Waals surface area (Å²) in [5.41, 5.74) is 1.36. The Morgan fingerprint density at radius 3 is 2.77 bits per heavy atom. The van der Waals surface area contributed by atoms with Crippen molar-refractivity contribution in [2.75, 3.05) is 26.2 Å². The van der Waals surface area contributed by atoms with Crippen molar-refractivity contribution in [3.8, 4) is 0 Å². The van der Waals surface area contributed by atoms with Crippen LogP contribution in [0.4, 0.5) is 0 Å². The van der Waals surface area contributed by atoms with Gasteiger partial charge in [0.2, 0.25) is 0 Å². The summed E-state index contributed by atoms with van der Waals surface area (Å²) in [7, 11) is 1.99. The average Bonchev–Trinajstić information content (AvgIpc) is 3.27. The Kier molecular flexibility index (Phi) is 9.22. The maximum atomic E-state index is 4.92. The fourth-order valence-corrected chi connectivity index (χ4v) is 4.34. The molecule has 3 rings (SSSR count). The van der Waals surface area contributed by atoms with Gasteiger partial charge in [0.25, 0.3) is 0 Å². The van der Waals surface area contributed by atoms with Crippen molar-refractivity contribution in [3.05, 3.63) is 18.0 Å². The summed E-state index contributed by atoms with van der Waals surface area (Å²) in [6, 6.07) is 0. The van der Waals surface area contributed by atoms with Crippen molar-refractivity contribution in [1.29, 1.82) is 0 Å². The first-order valence-electron chi connectivity index (χ1n) is 10.3. The predicted octanol–water partition coefficient (Wildman–Crippen LogP) is 4.15. The van der Waals surface area contributed by atoms with E-state index in [1.54, 1.807) is 0 Å². The van der Waals surface area contributed by atoms with Gasteiger partial charge in [-0.15, -0.1) is 24.0 Å². The SMILES string of the molecule is CCNC(=NCCCC1CCCCC1)N1CCC(c2cnn(C)c2)C1.I. The number of hydrogen-bond acceptors (Lipinski definition) is 2. The molecular formula is C20H36IN5. The van der Waals surface area contributed by atoms with E-state index in [0.29, 0.717) is 5.92 Å². The molecule has 5 nitrogen and oxygen atoms in total. The molecule has 1 aliphatic heterocycles. The van der Waals surface area contributed by atoms with Crippen LogP contribution < -0.4 is 5.32 Å². The van der Waals surface area contributed by atoms with Crippen LogP contribution in [-0.2, 0) is 7.05 Å².